The van der Waals surface area contributed by atoms with Crippen LogP contribution in [0.3, 0.4) is 0 Å². The van der Waals surface area contributed by atoms with Crippen LogP contribution in [0, 0.1) is 0 Å². The molecule has 3 aromatic rings. The van der Waals surface area contributed by atoms with Crippen molar-refractivity contribution in [2.45, 2.75) is 6.92 Å². The molecule has 27 heavy (non-hydrogen) atoms. The number of nitrogens with one attached hydrogen (secondary N) is 2. The monoisotopic (exact) mass is 360 g/mol. The zero-order valence-corrected chi connectivity index (χ0v) is 14.9. The van der Waals surface area contributed by atoms with Crippen molar-refractivity contribution in [3.8, 4) is 17.0 Å². The number of carbonyl (C=O) groups excluding carboxylic acids is 1. The molecular weight excluding hydrogens is 340 g/mol. The molecule has 0 saturated heterocycles. The van der Waals surface area contributed by atoms with E-state index in [-0.39, 0.29) is 5.91 Å². The Morgan fingerprint density at radius 1 is 1.19 bits per heavy atom. The van der Waals surface area contributed by atoms with Gasteiger partial charge in [-0.1, -0.05) is 36.4 Å². The maximum Gasteiger partial charge on any atom is 0.289 e. The number of ether oxygens (including phenoxy) is 1. The molecule has 0 aliphatic carbocycles. The van der Waals surface area contributed by atoms with E-state index in [2.05, 4.69) is 20.7 Å². The molecule has 0 atom stereocenters. The van der Waals surface area contributed by atoms with Crippen LogP contribution < -0.4 is 10.2 Å². The maximum absolute atomic E-state index is 12.1. The highest BCUT2D eigenvalue weighted by Crippen LogP contribution is 2.21. The normalized spacial score (nSPS) is 11.1. The van der Waals surface area contributed by atoms with E-state index in [9.17, 15) is 4.79 Å². The molecule has 0 aliphatic rings. The number of benzene rings is 2. The number of aromatic amines is 1. The average Bonchev–Trinajstić information content (AvgIpc) is 3.20. The van der Waals surface area contributed by atoms with E-state index in [1.54, 1.807) is 12.1 Å². The van der Waals surface area contributed by atoms with Gasteiger partial charge >= 0.3 is 0 Å². The first kappa shape index (κ1) is 18.1. The summed E-state index contributed by atoms with van der Waals surface area (Å²) >= 11 is 0. The van der Waals surface area contributed by atoms with Crippen LogP contribution in [0.2, 0.25) is 0 Å². The molecule has 2 aromatic carbocycles. The second-order valence-corrected chi connectivity index (χ2v) is 5.61. The molecule has 0 bridgehead atoms. The zero-order valence-electron chi connectivity index (χ0n) is 14.9. The number of hydrazone groups is 1. The van der Waals surface area contributed by atoms with Crippen molar-refractivity contribution >= 4 is 18.2 Å². The van der Waals surface area contributed by atoms with Crippen LogP contribution in [-0.4, -0.2) is 28.9 Å². The van der Waals surface area contributed by atoms with E-state index < -0.39 is 0 Å². The number of allylic oxidation sites excluding steroid dienone is 1. The third-order valence-electron chi connectivity index (χ3n) is 3.70. The third kappa shape index (κ3) is 5.15. The quantitative estimate of drug-likeness (QED) is 0.495. The Bertz CT molecular complexity index is 928. The van der Waals surface area contributed by atoms with Gasteiger partial charge in [-0.15, -0.1) is 0 Å². The van der Waals surface area contributed by atoms with Gasteiger partial charge in [0.15, 0.2) is 0 Å². The first-order valence-corrected chi connectivity index (χ1v) is 8.60. The van der Waals surface area contributed by atoms with Gasteiger partial charge in [-0.05, 0) is 48.9 Å². The molecule has 1 aromatic heterocycles. The van der Waals surface area contributed by atoms with Crippen LogP contribution in [-0.2, 0) is 0 Å². The zero-order chi connectivity index (χ0) is 18.9. The molecule has 0 fully saturated rings. The summed E-state index contributed by atoms with van der Waals surface area (Å²) in [4.78, 5) is 12.1. The SMILES string of the molecule is CCOc1ccc(-c2cc(C(=O)NN=CC=Cc3ccccc3)[nH]n2)cc1. The summed E-state index contributed by atoms with van der Waals surface area (Å²) in [5, 5.41) is 10.8. The van der Waals surface area contributed by atoms with Gasteiger partial charge in [0.1, 0.15) is 11.4 Å². The minimum Gasteiger partial charge on any atom is -0.494 e. The van der Waals surface area contributed by atoms with Gasteiger partial charge in [0, 0.05) is 11.8 Å². The highest BCUT2D eigenvalue weighted by atomic mass is 16.5. The summed E-state index contributed by atoms with van der Waals surface area (Å²) in [6.45, 7) is 2.56. The Balaban J connectivity index is 1.56. The van der Waals surface area contributed by atoms with Crippen molar-refractivity contribution in [2.24, 2.45) is 5.10 Å². The highest BCUT2D eigenvalue weighted by Gasteiger charge is 2.10. The Hall–Kier alpha value is -3.67. The molecule has 0 saturated carbocycles. The predicted molar refractivity (Wildman–Crippen MR) is 107 cm³/mol. The lowest BCUT2D eigenvalue weighted by atomic mass is 10.1. The first-order valence-electron chi connectivity index (χ1n) is 8.60. The molecule has 6 heteroatoms. The van der Waals surface area contributed by atoms with Gasteiger partial charge in [-0.3, -0.25) is 9.89 Å². The predicted octanol–water partition coefficient (Wildman–Crippen LogP) is 3.90. The van der Waals surface area contributed by atoms with Crippen molar-refractivity contribution < 1.29 is 9.53 Å². The molecular formula is C21H20N4O2. The second-order valence-electron chi connectivity index (χ2n) is 5.61. The molecule has 0 aliphatic heterocycles. The third-order valence-corrected chi connectivity index (χ3v) is 3.70. The van der Waals surface area contributed by atoms with Crippen LogP contribution in [0.4, 0.5) is 0 Å². The lowest BCUT2D eigenvalue weighted by molar-refractivity contribution is 0.0950. The second kappa shape index (κ2) is 9.15. The summed E-state index contributed by atoms with van der Waals surface area (Å²) < 4.78 is 5.42. The van der Waals surface area contributed by atoms with E-state index in [0.29, 0.717) is 18.0 Å². The molecule has 136 valence electrons. The molecule has 0 spiro atoms. The van der Waals surface area contributed by atoms with Crippen LogP contribution in [0.15, 0.2) is 71.8 Å². The van der Waals surface area contributed by atoms with Gasteiger partial charge in [0.05, 0.1) is 12.3 Å². The summed E-state index contributed by atoms with van der Waals surface area (Å²) in [5.41, 5.74) is 5.43. The molecule has 6 nitrogen and oxygen atoms in total. The molecule has 2 N–H and O–H groups in total. The van der Waals surface area contributed by atoms with Crippen LogP contribution in [0.25, 0.3) is 17.3 Å². The molecule has 1 heterocycles. The fraction of sp³-hybridized carbons (Fsp3) is 0.0952. The summed E-state index contributed by atoms with van der Waals surface area (Å²) in [6, 6.07) is 19.1. The van der Waals surface area contributed by atoms with Gasteiger partial charge in [-0.2, -0.15) is 10.2 Å². The van der Waals surface area contributed by atoms with E-state index in [1.165, 1.54) is 6.21 Å². The van der Waals surface area contributed by atoms with E-state index in [0.717, 1.165) is 16.9 Å². The lowest BCUT2D eigenvalue weighted by Gasteiger charge is -2.02. The number of hydrogen-bond acceptors (Lipinski definition) is 4. The summed E-state index contributed by atoms with van der Waals surface area (Å²) in [5.74, 6) is 0.441. The Kier molecular flexibility index (Phi) is 6.14. The standard InChI is InChI=1S/C21H20N4O2/c1-2-27-18-12-10-17(11-13-18)19-15-20(24-23-19)21(26)25-22-14-6-9-16-7-4-3-5-8-16/h3-15H,2H2,1H3,(H,23,24)(H,25,26). The Morgan fingerprint density at radius 2 is 1.96 bits per heavy atom. The molecule has 3 rings (SSSR count). The van der Waals surface area contributed by atoms with Crippen molar-refractivity contribution in [1.82, 2.24) is 15.6 Å². The van der Waals surface area contributed by atoms with Gasteiger partial charge in [0.2, 0.25) is 0 Å². The largest absolute Gasteiger partial charge is 0.494 e. The smallest absolute Gasteiger partial charge is 0.289 e. The molecule has 1 amide bonds. The van der Waals surface area contributed by atoms with Crippen molar-refractivity contribution in [3.63, 3.8) is 0 Å². The number of H-pyrrole nitrogens is 1. The van der Waals surface area contributed by atoms with Gasteiger partial charge < -0.3 is 4.74 Å². The average molecular weight is 360 g/mol. The molecule has 0 unspecified atom stereocenters. The number of hydrogen-bond donors (Lipinski definition) is 2. The van der Waals surface area contributed by atoms with E-state index in [4.69, 9.17) is 4.74 Å². The minimum absolute atomic E-state index is 0.336. The van der Waals surface area contributed by atoms with Crippen molar-refractivity contribution in [1.29, 1.82) is 0 Å². The molecule has 0 radical (unpaired) electrons. The van der Waals surface area contributed by atoms with E-state index >= 15 is 0 Å². The minimum atomic E-state index is -0.357. The number of rotatable bonds is 7. The van der Waals surface area contributed by atoms with Crippen molar-refractivity contribution in [2.75, 3.05) is 6.61 Å². The number of amides is 1. The van der Waals surface area contributed by atoms with Gasteiger partial charge in [0.25, 0.3) is 5.91 Å². The summed E-state index contributed by atoms with van der Waals surface area (Å²) in [6.07, 6.45) is 5.18. The lowest BCUT2D eigenvalue weighted by Crippen LogP contribution is -2.17. The van der Waals surface area contributed by atoms with Crippen LogP contribution >= 0.6 is 0 Å². The van der Waals surface area contributed by atoms with Crippen LogP contribution in [0.5, 0.6) is 5.75 Å². The number of carbonyl (C=O) groups is 1. The maximum atomic E-state index is 12.1. The van der Waals surface area contributed by atoms with Gasteiger partial charge in [-0.25, -0.2) is 5.43 Å². The Morgan fingerprint density at radius 3 is 2.70 bits per heavy atom. The fourth-order valence-corrected chi connectivity index (χ4v) is 2.39. The Labute approximate surface area is 157 Å². The van der Waals surface area contributed by atoms with Crippen molar-refractivity contribution in [3.05, 3.63) is 78.0 Å². The fourth-order valence-electron chi connectivity index (χ4n) is 2.39. The topological polar surface area (TPSA) is 79.4 Å². The highest BCUT2D eigenvalue weighted by molar-refractivity contribution is 5.94. The van der Waals surface area contributed by atoms with E-state index in [1.807, 2.05) is 67.6 Å². The number of aromatic nitrogens is 2. The van der Waals surface area contributed by atoms with Crippen LogP contribution in [0.1, 0.15) is 23.0 Å². The first-order chi connectivity index (χ1) is 13.3. The number of nitrogens with zero attached hydrogens (tertiary/aromatic N) is 2. The summed E-state index contributed by atoms with van der Waals surface area (Å²) in [7, 11) is 0.